The first kappa shape index (κ1) is 44.1. The fourth-order valence-corrected chi connectivity index (χ4v) is 7.51. The van der Waals surface area contributed by atoms with Crippen LogP contribution in [-0.2, 0) is 19.1 Å². The van der Waals surface area contributed by atoms with Crippen LogP contribution in [0.1, 0.15) is 245 Å². The Hall–Kier alpha value is -0.900. The molecule has 1 radical (unpaired) electrons. The van der Waals surface area contributed by atoms with Crippen LogP contribution in [0.15, 0.2) is 0 Å². The largest absolute Gasteiger partial charge is 0.424 e. The van der Waals surface area contributed by atoms with Gasteiger partial charge >= 0.3 is 5.97 Å². The monoisotopic (exact) mass is 662 g/mol. The maximum atomic E-state index is 13.4. The van der Waals surface area contributed by atoms with E-state index in [1.165, 1.54) is 180 Å². The van der Waals surface area contributed by atoms with E-state index in [9.17, 15) is 9.59 Å². The lowest BCUT2D eigenvalue weighted by Crippen LogP contribution is -2.46. The predicted molar refractivity (Wildman–Crippen MR) is 201 cm³/mol. The van der Waals surface area contributed by atoms with Crippen molar-refractivity contribution in [2.24, 2.45) is 5.41 Å². The molecule has 1 saturated heterocycles. The van der Waals surface area contributed by atoms with Crippen molar-refractivity contribution in [3.8, 4) is 0 Å². The van der Waals surface area contributed by atoms with Gasteiger partial charge in [-0.15, -0.1) is 0 Å². The summed E-state index contributed by atoms with van der Waals surface area (Å²) in [6, 6.07) is 0. The van der Waals surface area contributed by atoms with Crippen molar-refractivity contribution in [3.63, 3.8) is 0 Å². The van der Waals surface area contributed by atoms with Gasteiger partial charge in [-0.2, -0.15) is 0 Å². The molecule has 0 unspecified atom stereocenters. The Kier molecular flexibility index (Phi) is 30.3. The molecular formula is C43H81O4. The highest BCUT2D eigenvalue weighted by Crippen LogP contribution is 2.46. The van der Waals surface area contributed by atoms with E-state index >= 15 is 0 Å². The highest BCUT2D eigenvalue weighted by Gasteiger charge is 2.53. The summed E-state index contributed by atoms with van der Waals surface area (Å²) in [5, 5.41) is 0. The first-order valence-electron chi connectivity index (χ1n) is 21.3. The first-order chi connectivity index (χ1) is 23.1. The molecule has 1 heterocycles. The predicted octanol–water partition coefficient (Wildman–Crippen LogP) is 14.3. The molecular weight excluding hydrogens is 580 g/mol. The molecule has 1 aliphatic rings. The van der Waals surface area contributed by atoms with E-state index in [2.05, 4.69) is 13.8 Å². The van der Waals surface area contributed by atoms with E-state index in [0.29, 0.717) is 12.9 Å². The number of rotatable bonds is 36. The van der Waals surface area contributed by atoms with Crippen molar-refractivity contribution < 1.29 is 19.1 Å². The molecule has 0 aromatic heterocycles. The minimum absolute atomic E-state index is 0.0270. The zero-order valence-corrected chi connectivity index (χ0v) is 32.1. The van der Waals surface area contributed by atoms with Gasteiger partial charge in [-0.05, 0) is 19.8 Å². The first-order valence-corrected chi connectivity index (χ1v) is 21.3. The molecule has 1 aliphatic heterocycles. The second-order valence-corrected chi connectivity index (χ2v) is 15.0. The number of carbonyl (C=O) groups excluding carboxylic acids is 2. The molecule has 0 aromatic carbocycles. The Morgan fingerprint density at radius 3 is 1.00 bits per heavy atom. The van der Waals surface area contributed by atoms with Crippen molar-refractivity contribution in [2.75, 3.05) is 6.61 Å². The molecule has 4 heteroatoms. The van der Waals surface area contributed by atoms with E-state index in [-0.39, 0.29) is 12.2 Å². The zero-order valence-electron chi connectivity index (χ0n) is 32.1. The summed E-state index contributed by atoms with van der Waals surface area (Å²) in [4.78, 5) is 25.5. The van der Waals surface area contributed by atoms with Crippen LogP contribution in [0.4, 0.5) is 0 Å². The van der Waals surface area contributed by atoms with Crippen LogP contribution in [0.2, 0.25) is 0 Å². The number of cyclic esters (lactones) is 1. The molecule has 1 fully saturated rings. The van der Waals surface area contributed by atoms with Gasteiger partial charge in [0.2, 0.25) is 0 Å². The standard InChI is InChI=1S/C43H81O4/c1-4-7-9-11-13-15-17-19-21-23-25-27-29-31-33-35-37-43(40(44)39-41(45)47-42(43)46-6-3)38-36-34-32-30-28-26-24-22-20-18-16-14-12-10-8-5-2/h4-39H2,1-3H3. The van der Waals surface area contributed by atoms with Gasteiger partial charge in [0.05, 0.1) is 0 Å². The maximum Gasteiger partial charge on any atom is 0.316 e. The van der Waals surface area contributed by atoms with Crippen LogP contribution in [0.5, 0.6) is 0 Å². The summed E-state index contributed by atoms with van der Waals surface area (Å²) in [6.45, 7) is 6.91. The Morgan fingerprint density at radius 1 is 0.447 bits per heavy atom. The van der Waals surface area contributed by atoms with Crippen LogP contribution in [0.3, 0.4) is 0 Å². The number of carbonyl (C=O) groups is 2. The molecule has 0 aliphatic carbocycles. The third-order valence-corrected chi connectivity index (χ3v) is 10.6. The van der Waals surface area contributed by atoms with Crippen LogP contribution in [0.25, 0.3) is 0 Å². The molecule has 0 bridgehead atoms. The molecule has 0 N–H and O–H groups in total. The second-order valence-electron chi connectivity index (χ2n) is 15.0. The minimum Gasteiger partial charge on any atom is -0.424 e. The number of unbranched alkanes of at least 4 members (excludes halogenated alkanes) is 30. The maximum absolute atomic E-state index is 13.4. The van der Waals surface area contributed by atoms with Crippen molar-refractivity contribution in [1.29, 1.82) is 0 Å². The van der Waals surface area contributed by atoms with Crippen LogP contribution in [-0.4, -0.2) is 18.4 Å². The Morgan fingerprint density at radius 2 is 0.723 bits per heavy atom. The molecule has 4 nitrogen and oxygen atoms in total. The van der Waals surface area contributed by atoms with Gasteiger partial charge in [0.25, 0.3) is 6.29 Å². The molecule has 0 spiro atoms. The topological polar surface area (TPSA) is 52.6 Å². The lowest BCUT2D eigenvalue weighted by Gasteiger charge is -2.39. The molecule has 0 saturated carbocycles. The summed E-state index contributed by atoms with van der Waals surface area (Å²) < 4.78 is 11.5. The fourth-order valence-electron chi connectivity index (χ4n) is 7.51. The SMILES string of the molecule is CCCCCCCCCCCCCCCCCCC1(CCCCCCCCCCCCCCCCCC)[C](OCC)OC(=O)CC1=O. The van der Waals surface area contributed by atoms with Gasteiger partial charge in [0.1, 0.15) is 11.8 Å². The lowest BCUT2D eigenvalue weighted by molar-refractivity contribution is -0.183. The van der Waals surface area contributed by atoms with Gasteiger partial charge in [0.15, 0.2) is 5.78 Å². The Labute approximate surface area is 294 Å². The highest BCUT2D eigenvalue weighted by atomic mass is 16.7. The summed E-state index contributed by atoms with van der Waals surface area (Å²) in [7, 11) is 0. The summed E-state index contributed by atoms with van der Waals surface area (Å²) >= 11 is 0. The number of hydrogen-bond acceptors (Lipinski definition) is 4. The van der Waals surface area contributed by atoms with E-state index in [4.69, 9.17) is 9.47 Å². The summed E-state index contributed by atoms with van der Waals surface area (Å²) in [6.07, 6.45) is 44.5. The van der Waals surface area contributed by atoms with E-state index < -0.39 is 11.4 Å². The van der Waals surface area contributed by atoms with Crippen LogP contribution < -0.4 is 0 Å². The molecule has 47 heavy (non-hydrogen) atoms. The number of Topliss-reactive ketones (excluding diaryl/α,β-unsaturated/α-hetero) is 1. The number of esters is 1. The van der Waals surface area contributed by atoms with Crippen molar-refractivity contribution in [1.82, 2.24) is 0 Å². The van der Waals surface area contributed by atoms with Gasteiger partial charge in [-0.1, -0.05) is 219 Å². The van der Waals surface area contributed by atoms with E-state index in [1.807, 2.05) is 6.92 Å². The van der Waals surface area contributed by atoms with Gasteiger partial charge in [0, 0.05) is 6.61 Å². The molecule has 0 atom stereocenters. The smallest absolute Gasteiger partial charge is 0.316 e. The lowest BCUT2D eigenvalue weighted by atomic mass is 9.71. The Bertz CT molecular complexity index is 668. The molecule has 0 amide bonds. The number of ketones is 1. The third-order valence-electron chi connectivity index (χ3n) is 10.6. The zero-order chi connectivity index (χ0) is 34.1. The molecule has 1 rings (SSSR count). The van der Waals surface area contributed by atoms with Crippen molar-refractivity contribution >= 4 is 11.8 Å². The highest BCUT2D eigenvalue weighted by molar-refractivity contribution is 6.02. The van der Waals surface area contributed by atoms with Gasteiger partial charge < -0.3 is 9.47 Å². The van der Waals surface area contributed by atoms with Gasteiger partial charge in [-0.3, -0.25) is 9.59 Å². The molecule has 277 valence electrons. The summed E-state index contributed by atoms with van der Waals surface area (Å²) in [5.41, 5.74) is -0.726. The van der Waals surface area contributed by atoms with Crippen molar-refractivity contribution in [3.05, 3.63) is 6.29 Å². The summed E-state index contributed by atoms with van der Waals surface area (Å²) in [5.74, 6) is -0.424. The second kappa shape index (κ2) is 32.3. The molecule has 0 aromatic rings. The van der Waals surface area contributed by atoms with E-state index in [0.717, 1.165) is 38.5 Å². The van der Waals surface area contributed by atoms with Crippen LogP contribution in [0, 0.1) is 11.7 Å². The quantitative estimate of drug-likeness (QED) is 0.0381. The van der Waals surface area contributed by atoms with Crippen molar-refractivity contribution in [2.45, 2.75) is 245 Å². The minimum atomic E-state index is -0.726. The normalized spacial score (nSPS) is 15.0. The fraction of sp³-hybridized carbons (Fsp3) is 0.930. The van der Waals surface area contributed by atoms with Crippen LogP contribution >= 0.6 is 0 Å². The van der Waals surface area contributed by atoms with Gasteiger partial charge in [-0.25, -0.2) is 0 Å². The Balaban J connectivity index is 2.20. The average molecular weight is 662 g/mol. The van der Waals surface area contributed by atoms with E-state index in [1.54, 1.807) is 0 Å². The number of ether oxygens (including phenoxy) is 2. The number of hydrogen-bond donors (Lipinski definition) is 0. The average Bonchev–Trinajstić information content (AvgIpc) is 3.06. The third kappa shape index (κ3) is 23.2.